The van der Waals surface area contributed by atoms with Crippen molar-refractivity contribution >= 4 is 45.3 Å². The summed E-state index contributed by atoms with van der Waals surface area (Å²) in [5.74, 6) is -0.211. The first-order valence-corrected chi connectivity index (χ1v) is 13.5. The second-order valence-electron chi connectivity index (χ2n) is 8.30. The number of halogens is 1. The van der Waals surface area contributed by atoms with Crippen LogP contribution < -0.4 is 19.8 Å². The first kappa shape index (κ1) is 26.5. The second kappa shape index (κ2) is 12.6. The van der Waals surface area contributed by atoms with Gasteiger partial charge in [-0.3, -0.25) is 13.9 Å². The smallest absolute Gasteiger partial charge is 0.260 e. The normalized spacial score (nSPS) is 14.5. The topological polar surface area (TPSA) is 117 Å². The lowest BCUT2D eigenvalue weighted by molar-refractivity contribution is -0.124. The Hall–Kier alpha value is -3.11. The van der Waals surface area contributed by atoms with Crippen LogP contribution in [0.25, 0.3) is 0 Å². The van der Waals surface area contributed by atoms with Crippen LogP contribution in [0.2, 0.25) is 5.02 Å². The maximum absolute atomic E-state index is 12.3. The van der Waals surface area contributed by atoms with Gasteiger partial charge in [0.1, 0.15) is 12.3 Å². The van der Waals surface area contributed by atoms with Gasteiger partial charge in [0.2, 0.25) is 10.0 Å². The molecule has 0 aromatic heterocycles. The Morgan fingerprint density at radius 1 is 1.11 bits per heavy atom. The van der Waals surface area contributed by atoms with Crippen LogP contribution in [-0.4, -0.2) is 51.9 Å². The predicted molar refractivity (Wildman–Crippen MR) is 136 cm³/mol. The van der Waals surface area contributed by atoms with Gasteiger partial charge in [0.25, 0.3) is 11.8 Å². The lowest BCUT2D eigenvalue weighted by atomic mass is 9.95. The van der Waals surface area contributed by atoms with E-state index in [4.69, 9.17) is 16.3 Å². The SMILES string of the molecule is CS(=O)(=O)N(CC(=O)N/N=C\c1ccc(OCC(=O)NC2CCCCC2)cc1)c1cccc(Cl)c1. The molecule has 0 spiro atoms. The molecule has 2 aromatic rings. The summed E-state index contributed by atoms with van der Waals surface area (Å²) in [6.07, 6.45) is 7.98. The molecule has 35 heavy (non-hydrogen) atoms. The van der Waals surface area contributed by atoms with E-state index >= 15 is 0 Å². The number of anilines is 1. The minimum atomic E-state index is -3.71. The first-order valence-electron chi connectivity index (χ1n) is 11.3. The Bertz CT molecular complexity index is 1150. The summed E-state index contributed by atoms with van der Waals surface area (Å²) in [5.41, 5.74) is 3.28. The van der Waals surface area contributed by atoms with Crippen LogP contribution in [0.5, 0.6) is 5.75 Å². The number of ether oxygens (including phenoxy) is 1. The summed E-state index contributed by atoms with van der Waals surface area (Å²) in [7, 11) is -3.71. The third kappa shape index (κ3) is 8.88. The molecule has 0 unspecified atom stereocenters. The van der Waals surface area contributed by atoms with E-state index < -0.39 is 22.5 Å². The Labute approximate surface area is 210 Å². The number of nitrogens with one attached hydrogen (secondary N) is 2. The molecule has 2 aromatic carbocycles. The highest BCUT2D eigenvalue weighted by Crippen LogP contribution is 2.21. The number of hydrogen-bond donors (Lipinski definition) is 2. The zero-order valence-corrected chi connectivity index (χ0v) is 21.0. The highest BCUT2D eigenvalue weighted by molar-refractivity contribution is 7.92. The molecule has 2 N–H and O–H groups in total. The van der Waals surface area contributed by atoms with Crippen molar-refractivity contribution in [3.63, 3.8) is 0 Å². The van der Waals surface area contributed by atoms with Crippen LogP contribution in [-0.2, 0) is 19.6 Å². The minimum Gasteiger partial charge on any atom is -0.484 e. The van der Waals surface area contributed by atoms with E-state index in [9.17, 15) is 18.0 Å². The van der Waals surface area contributed by atoms with Crippen molar-refractivity contribution in [3.8, 4) is 5.75 Å². The van der Waals surface area contributed by atoms with Gasteiger partial charge in [-0.05, 0) is 60.9 Å². The third-order valence-corrected chi connectivity index (χ3v) is 6.78. The Kier molecular flexibility index (Phi) is 9.50. The van der Waals surface area contributed by atoms with E-state index in [2.05, 4.69) is 15.8 Å². The van der Waals surface area contributed by atoms with Crippen LogP contribution in [0.15, 0.2) is 53.6 Å². The molecule has 11 heteroatoms. The maximum Gasteiger partial charge on any atom is 0.260 e. The molecular weight excluding hydrogens is 492 g/mol. The Morgan fingerprint density at radius 3 is 2.49 bits per heavy atom. The number of hydrogen-bond acceptors (Lipinski definition) is 6. The lowest BCUT2D eigenvalue weighted by Crippen LogP contribution is -2.39. The van der Waals surface area contributed by atoms with Crippen molar-refractivity contribution in [2.24, 2.45) is 5.10 Å². The molecule has 9 nitrogen and oxygen atoms in total. The fraction of sp³-hybridized carbons (Fsp3) is 0.375. The molecule has 3 rings (SSSR count). The number of sulfonamides is 1. The number of nitrogens with zero attached hydrogens (tertiary/aromatic N) is 2. The van der Waals surface area contributed by atoms with E-state index in [1.54, 1.807) is 42.5 Å². The van der Waals surface area contributed by atoms with Crippen molar-refractivity contribution < 1.29 is 22.7 Å². The predicted octanol–water partition coefficient (Wildman–Crippen LogP) is 3.08. The molecule has 2 amide bonds. The van der Waals surface area contributed by atoms with Gasteiger partial charge in [-0.2, -0.15) is 5.10 Å². The Morgan fingerprint density at radius 2 is 1.83 bits per heavy atom. The molecule has 0 heterocycles. The third-order valence-electron chi connectivity index (χ3n) is 5.41. The molecule has 1 saturated carbocycles. The summed E-state index contributed by atoms with van der Waals surface area (Å²) >= 11 is 5.94. The quantitative estimate of drug-likeness (QED) is 0.369. The zero-order chi connectivity index (χ0) is 25.3. The van der Waals surface area contributed by atoms with Crippen LogP contribution in [0, 0.1) is 0 Å². The van der Waals surface area contributed by atoms with Crippen LogP contribution in [0.3, 0.4) is 0 Å². The molecule has 1 aliphatic rings. The van der Waals surface area contributed by atoms with E-state index in [1.165, 1.54) is 18.7 Å². The average molecular weight is 521 g/mol. The van der Waals surface area contributed by atoms with Crippen LogP contribution in [0.4, 0.5) is 5.69 Å². The number of benzene rings is 2. The van der Waals surface area contributed by atoms with E-state index in [0.29, 0.717) is 16.3 Å². The monoisotopic (exact) mass is 520 g/mol. The van der Waals surface area contributed by atoms with Crippen LogP contribution in [0.1, 0.15) is 37.7 Å². The molecule has 0 bridgehead atoms. The highest BCUT2D eigenvalue weighted by Gasteiger charge is 2.21. The van der Waals surface area contributed by atoms with Crippen molar-refractivity contribution in [3.05, 3.63) is 59.1 Å². The van der Waals surface area contributed by atoms with Crippen molar-refractivity contribution in [1.82, 2.24) is 10.7 Å². The van der Waals surface area contributed by atoms with Gasteiger partial charge in [0, 0.05) is 11.1 Å². The summed E-state index contributed by atoms with van der Waals surface area (Å²) in [6.45, 7) is -0.504. The molecule has 0 saturated heterocycles. The van der Waals surface area contributed by atoms with Crippen LogP contribution >= 0.6 is 11.6 Å². The van der Waals surface area contributed by atoms with Gasteiger partial charge in [-0.25, -0.2) is 13.8 Å². The van der Waals surface area contributed by atoms with Crippen molar-refractivity contribution in [1.29, 1.82) is 0 Å². The number of carbonyl (C=O) groups excluding carboxylic acids is 2. The summed E-state index contributed by atoms with van der Waals surface area (Å²) in [4.78, 5) is 24.3. The summed E-state index contributed by atoms with van der Waals surface area (Å²) in [5, 5.41) is 7.24. The van der Waals surface area contributed by atoms with E-state index in [-0.39, 0.29) is 24.2 Å². The molecule has 0 radical (unpaired) electrons. The second-order valence-corrected chi connectivity index (χ2v) is 10.6. The Balaban J connectivity index is 1.47. The van der Waals surface area contributed by atoms with E-state index in [1.807, 2.05) is 0 Å². The number of amides is 2. The van der Waals surface area contributed by atoms with Gasteiger partial charge >= 0.3 is 0 Å². The lowest BCUT2D eigenvalue weighted by Gasteiger charge is -2.22. The maximum atomic E-state index is 12.3. The first-order chi connectivity index (χ1) is 16.7. The van der Waals surface area contributed by atoms with Gasteiger partial charge in [0.05, 0.1) is 18.2 Å². The van der Waals surface area contributed by atoms with Gasteiger partial charge in [-0.15, -0.1) is 0 Å². The molecule has 1 aliphatic carbocycles. The summed E-state index contributed by atoms with van der Waals surface area (Å²) in [6, 6.07) is 13.3. The largest absolute Gasteiger partial charge is 0.484 e. The summed E-state index contributed by atoms with van der Waals surface area (Å²) < 4.78 is 30.7. The average Bonchev–Trinajstić information content (AvgIpc) is 2.82. The van der Waals surface area contributed by atoms with Gasteiger partial charge < -0.3 is 10.1 Å². The number of rotatable bonds is 10. The number of hydrazone groups is 1. The molecule has 0 aliphatic heterocycles. The molecule has 1 fully saturated rings. The molecule has 0 atom stereocenters. The van der Waals surface area contributed by atoms with Crippen molar-refractivity contribution in [2.45, 2.75) is 38.1 Å². The molecule has 188 valence electrons. The van der Waals surface area contributed by atoms with Crippen molar-refractivity contribution in [2.75, 3.05) is 23.7 Å². The van der Waals surface area contributed by atoms with Gasteiger partial charge in [0.15, 0.2) is 6.61 Å². The zero-order valence-electron chi connectivity index (χ0n) is 19.4. The number of carbonyl (C=O) groups is 2. The fourth-order valence-electron chi connectivity index (χ4n) is 3.69. The van der Waals surface area contributed by atoms with Gasteiger partial charge in [-0.1, -0.05) is 36.9 Å². The minimum absolute atomic E-state index is 0.0521. The molecular formula is C24H29ClN4O5S. The van der Waals surface area contributed by atoms with E-state index in [0.717, 1.165) is 36.2 Å². The highest BCUT2D eigenvalue weighted by atomic mass is 35.5. The fourth-order valence-corrected chi connectivity index (χ4v) is 4.72. The standard InChI is InChI=1S/C24H29ClN4O5S/c1-35(32,33)29(21-9-5-6-19(25)14-21)16-23(30)28-26-15-18-10-12-22(13-11-18)34-17-24(31)27-20-7-3-2-4-8-20/h5-6,9-15,20H,2-4,7-8,16-17H2,1H3,(H,27,31)(H,28,30)/b26-15-.